The van der Waals surface area contributed by atoms with Crippen LogP contribution in [-0.4, -0.2) is 64.4 Å². The van der Waals surface area contributed by atoms with Gasteiger partial charge < -0.3 is 29.6 Å². The Kier molecular flexibility index (Phi) is 12.8. The number of aryl methyl sites for hydroxylation is 1. The highest BCUT2D eigenvalue weighted by atomic mass is 32.2. The summed E-state index contributed by atoms with van der Waals surface area (Å²) in [7, 11) is -3.19. The number of fused-ring (bicyclic) bond motifs is 1. The molecule has 4 aromatic rings. The van der Waals surface area contributed by atoms with Crippen LogP contribution in [0.25, 0.3) is 11.1 Å². The van der Waals surface area contributed by atoms with E-state index >= 15 is 0 Å². The summed E-state index contributed by atoms with van der Waals surface area (Å²) in [6.07, 6.45) is 4.20. The maximum Gasteiger partial charge on any atom is 0.338 e. The lowest BCUT2D eigenvalue weighted by Crippen LogP contribution is -2.39. The maximum absolute atomic E-state index is 11.8. The number of hydroxylamine groups is 1. The van der Waals surface area contributed by atoms with Gasteiger partial charge in [-0.2, -0.15) is 10.5 Å². The van der Waals surface area contributed by atoms with E-state index in [1.165, 1.54) is 6.20 Å². The number of nitrogens with zero attached hydrogens (tertiary/aromatic N) is 3. The van der Waals surface area contributed by atoms with E-state index in [1.54, 1.807) is 18.3 Å². The van der Waals surface area contributed by atoms with E-state index in [9.17, 15) is 23.7 Å². The maximum atomic E-state index is 11.8. The van der Waals surface area contributed by atoms with Crippen molar-refractivity contribution in [2.24, 2.45) is 0 Å². The Morgan fingerprint density at radius 2 is 1.73 bits per heavy atom. The zero-order valence-corrected chi connectivity index (χ0v) is 29.5. The topological polar surface area (TPSA) is 194 Å². The molecule has 0 saturated heterocycles. The van der Waals surface area contributed by atoms with E-state index in [-0.39, 0.29) is 32.1 Å². The number of nitriles is 2. The van der Waals surface area contributed by atoms with Crippen molar-refractivity contribution in [3.05, 3.63) is 100 Å². The summed E-state index contributed by atoms with van der Waals surface area (Å²) in [5, 5.41) is 25.2. The molecule has 15 heteroatoms. The number of rotatable bonds is 16. The van der Waals surface area contributed by atoms with Crippen LogP contribution in [0.3, 0.4) is 0 Å². The van der Waals surface area contributed by atoms with Gasteiger partial charge in [0.15, 0.2) is 11.5 Å². The normalized spacial score (nSPS) is 11.9. The van der Waals surface area contributed by atoms with Crippen LogP contribution in [0.15, 0.2) is 67.0 Å². The van der Waals surface area contributed by atoms with Gasteiger partial charge in [-0.15, -0.1) is 0 Å². The van der Waals surface area contributed by atoms with E-state index in [1.807, 2.05) is 49.4 Å². The summed E-state index contributed by atoms with van der Waals surface area (Å²) in [4.78, 5) is 21.1. The predicted molar refractivity (Wildman–Crippen MR) is 190 cm³/mol. The second-order valence-electron chi connectivity index (χ2n) is 11.8. The van der Waals surface area contributed by atoms with Crippen LogP contribution >= 0.6 is 0 Å². The molecule has 3 N–H and O–H groups in total. The fraction of sp³-hybridized carbons (Fsp3) is 0.297. The second kappa shape index (κ2) is 17.9. The van der Waals surface area contributed by atoms with E-state index in [2.05, 4.69) is 33.2 Å². The van der Waals surface area contributed by atoms with Crippen molar-refractivity contribution < 1.29 is 37.0 Å². The Morgan fingerprint density at radius 3 is 2.52 bits per heavy atom. The SMILES string of the molecule is Cc1cc(CNCCONC(=O)NCCS(C)(=O)=O)c(OCc2cncc(C#N)c2)cc1OCc1cccc(-c2ccc3c(c2)OCCO3)c1C#N. The molecule has 0 fully saturated rings. The third-order valence-electron chi connectivity index (χ3n) is 7.79. The van der Waals surface area contributed by atoms with Crippen molar-refractivity contribution in [3.8, 4) is 46.3 Å². The van der Waals surface area contributed by atoms with Crippen LogP contribution in [0.1, 0.15) is 33.4 Å². The number of carbonyl (C=O) groups excluding carboxylic acids is 1. The minimum absolute atomic E-state index is 0.0297. The number of aromatic nitrogens is 1. The first kappa shape index (κ1) is 37.4. The van der Waals surface area contributed by atoms with Gasteiger partial charge in [-0.1, -0.05) is 24.3 Å². The highest BCUT2D eigenvalue weighted by Crippen LogP contribution is 2.37. The highest BCUT2D eigenvalue weighted by molar-refractivity contribution is 7.90. The Hall–Kier alpha value is -5.87. The molecule has 52 heavy (non-hydrogen) atoms. The summed E-state index contributed by atoms with van der Waals surface area (Å²) in [6, 6.07) is 20.5. The van der Waals surface area contributed by atoms with Gasteiger partial charge in [0, 0.05) is 61.0 Å². The summed E-state index contributed by atoms with van der Waals surface area (Å²) in [6.45, 7) is 3.99. The summed E-state index contributed by atoms with van der Waals surface area (Å²) in [5.74, 6) is 2.23. The molecule has 5 rings (SSSR count). The molecule has 0 saturated carbocycles. The van der Waals surface area contributed by atoms with Gasteiger partial charge in [0.1, 0.15) is 59.9 Å². The number of hydrogen-bond acceptors (Lipinski definition) is 12. The van der Waals surface area contributed by atoms with Gasteiger partial charge in [-0.25, -0.2) is 18.7 Å². The lowest BCUT2D eigenvalue weighted by atomic mass is 9.96. The van der Waals surface area contributed by atoms with Gasteiger partial charge in [0.05, 0.1) is 23.5 Å². The summed E-state index contributed by atoms with van der Waals surface area (Å²) in [5.41, 5.74) is 7.78. The average molecular weight is 727 g/mol. The molecule has 2 amide bonds. The number of pyridine rings is 1. The van der Waals surface area contributed by atoms with E-state index in [0.717, 1.165) is 28.5 Å². The number of benzene rings is 3. The standard InChI is InChI=1S/C37H38N6O8S/c1-25-14-30(22-40-8-10-51-43-37(44)42-9-13-52(2,45)46)35(49-23-27-15-26(18-38)20-41-21-27)17-34(25)50-24-29-4-3-5-31(32(29)19-39)28-6-7-33-36(16-28)48-12-11-47-33/h3-7,14-17,20-21,40H,8-13,22-24H2,1-2H3,(H2,42,43,44). The third kappa shape index (κ3) is 10.6. The van der Waals surface area contributed by atoms with E-state index < -0.39 is 15.9 Å². The first-order chi connectivity index (χ1) is 25.1. The molecule has 3 aromatic carbocycles. The lowest BCUT2D eigenvalue weighted by molar-refractivity contribution is 0.0631. The second-order valence-corrected chi connectivity index (χ2v) is 14.1. The van der Waals surface area contributed by atoms with Crippen LogP contribution < -0.4 is 35.1 Å². The molecular formula is C37H38N6O8S. The van der Waals surface area contributed by atoms with Crippen molar-refractivity contribution in [1.82, 2.24) is 21.1 Å². The molecule has 0 bridgehead atoms. The van der Waals surface area contributed by atoms with Crippen molar-refractivity contribution in [2.45, 2.75) is 26.7 Å². The van der Waals surface area contributed by atoms with Gasteiger partial charge in [0.2, 0.25) is 0 Å². The molecule has 0 unspecified atom stereocenters. The first-order valence-electron chi connectivity index (χ1n) is 16.3. The molecule has 0 radical (unpaired) electrons. The smallest absolute Gasteiger partial charge is 0.338 e. The summed E-state index contributed by atoms with van der Waals surface area (Å²) < 4.78 is 46.4. The van der Waals surface area contributed by atoms with Crippen molar-refractivity contribution >= 4 is 15.9 Å². The minimum Gasteiger partial charge on any atom is -0.488 e. The van der Waals surface area contributed by atoms with Crippen LogP contribution in [0.2, 0.25) is 0 Å². The number of amides is 2. The van der Waals surface area contributed by atoms with Crippen molar-refractivity contribution in [2.75, 3.05) is 44.9 Å². The number of ether oxygens (including phenoxy) is 4. The Labute approximate surface area is 302 Å². The number of hydrogen-bond donors (Lipinski definition) is 3. The fourth-order valence-corrected chi connectivity index (χ4v) is 5.73. The van der Waals surface area contributed by atoms with Crippen LogP contribution in [0, 0.1) is 29.6 Å². The van der Waals surface area contributed by atoms with Gasteiger partial charge >= 0.3 is 6.03 Å². The van der Waals surface area contributed by atoms with Crippen molar-refractivity contribution in [1.29, 1.82) is 10.5 Å². The molecule has 2 heterocycles. The van der Waals surface area contributed by atoms with Crippen LogP contribution in [-0.2, 0) is 34.4 Å². The Bertz CT molecular complexity index is 2090. The summed E-state index contributed by atoms with van der Waals surface area (Å²) >= 11 is 0. The first-order valence-corrected chi connectivity index (χ1v) is 18.4. The monoisotopic (exact) mass is 726 g/mol. The van der Waals surface area contributed by atoms with Crippen LogP contribution in [0.5, 0.6) is 23.0 Å². The molecule has 1 aliphatic rings. The largest absolute Gasteiger partial charge is 0.488 e. The third-order valence-corrected chi connectivity index (χ3v) is 8.74. The van der Waals surface area contributed by atoms with E-state index in [4.69, 9.17) is 23.8 Å². The predicted octanol–water partition coefficient (Wildman–Crippen LogP) is 4.09. The number of nitrogens with one attached hydrogen (secondary N) is 3. The van der Waals surface area contributed by atoms with Gasteiger partial charge in [-0.3, -0.25) is 9.82 Å². The molecule has 0 atom stereocenters. The lowest BCUT2D eigenvalue weighted by Gasteiger charge is -2.19. The molecule has 0 spiro atoms. The molecule has 14 nitrogen and oxygen atoms in total. The average Bonchev–Trinajstić information content (AvgIpc) is 3.14. The Balaban J connectivity index is 1.26. The van der Waals surface area contributed by atoms with Crippen LogP contribution in [0.4, 0.5) is 4.79 Å². The zero-order valence-electron chi connectivity index (χ0n) is 28.7. The van der Waals surface area contributed by atoms with E-state index in [0.29, 0.717) is 71.6 Å². The number of carbonyl (C=O) groups is 1. The van der Waals surface area contributed by atoms with Gasteiger partial charge in [0.25, 0.3) is 0 Å². The van der Waals surface area contributed by atoms with Crippen molar-refractivity contribution in [3.63, 3.8) is 0 Å². The number of sulfone groups is 1. The molecule has 270 valence electrons. The fourth-order valence-electron chi connectivity index (χ4n) is 5.25. The molecule has 1 aromatic heterocycles. The molecular weight excluding hydrogens is 689 g/mol. The van der Waals surface area contributed by atoms with Gasteiger partial charge in [-0.05, 0) is 47.9 Å². The number of urea groups is 1. The molecule has 0 aliphatic carbocycles. The Morgan fingerprint density at radius 1 is 0.923 bits per heavy atom. The quantitative estimate of drug-likeness (QED) is 0.111. The highest BCUT2D eigenvalue weighted by Gasteiger charge is 2.17. The molecule has 1 aliphatic heterocycles. The zero-order chi connectivity index (χ0) is 36.9. The minimum atomic E-state index is -3.19.